The number of nitrogens with zero attached hydrogens (tertiary/aromatic N) is 2. The molecule has 0 bridgehead atoms. The van der Waals surface area contributed by atoms with Crippen LogP contribution in [-0.2, 0) is 21.2 Å². The summed E-state index contributed by atoms with van der Waals surface area (Å²) in [5.41, 5.74) is 4.04. The molecule has 148 valence electrons. The number of hydrogen-bond acceptors (Lipinski definition) is 4. The van der Waals surface area contributed by atoms with Crippen LogP contribution in [0, 0.1) is 13.8 Å². The Morgan fingerprint density at radius 1 is 1.11 bits per heavy atom. The van der Waals surface area contributed by atoms with Gasteiger partial charge in [0.15, 0.2) is 0 Å². The maximum absolute atomic E-state index is 13.4. The van der Waals surface area contributed by atoms with Gasteiger partial charge in [-0.15, -0.1) is 0 Å². The highest BCUT2D eigenvalue weighted by molar-refractivity contribution is 7.89. The second kappa shape index (κ2) is 6.90. The number of benzene rings is 2. The fourth-order valence-electron chi connectivity index (χ4n) is 4.09. The van der Waals surface area contributed by atoms with Crippen LogP contribution in [0.2, 0.25) is 0 Å². The molecule has 2 aromatic rings. The van der Waals surface area contributed by atoms with Gasteiger partial charge in [-0.2, -0.15) is 4.31 Å². The molecule has 2 aliphatic heterocycles. The standard InChI is InChI=1S/C21H24N2O4S/c1-14-10-19(27-3)20(11-15(14)2)28(25,26)22-12-18-17-7-5-4-6-16(17)8-9-23(18)21(24)13-22/h4-7,10-11,18H,8-9,12-13H2,1-3H3/t18-/m0/s1. The molecule has 6 nitrogen and oxygen atoms in total. The number of aryl methyl sites for hydroxylation is 2. The van der Waals surface area contributed by atoms with Gasteiger partial charge in [-0.05, 0) is 54.7 Å². The van der Waals surface area contributed by atoms with Crippen LogP contribution < -0.4 is 4.74 Å². The summed E-state index contributed by atoms with van der Waals surface area (Å²) in [6.07, 6.45) is 0.802. The van der Waals surface area contributed by atoms with E-state index in [-0.39, 0.29) is 29.9 Å². The van der Waals surface area contributed by atoms with Crippen molar-refractivity contribution >= 4 is 15.9 Å². The molecule has 1 fully saturated rings. The van der Waals surface area contributed by atoms with Crippen LogP contribution in [0.15, 0.2) is 41.3 Å². The lowest BCUT2D eigenvalue weighted by Gasteiger charge is -2.44. The molecular weight excluding hydrogens is 376 g/mol. The summed E-state index contributed by atoms with van der Waals surface area (Å²) in [6, 6.07) is 11.1. The Morgan fingerprint density at radius 3 is 2.57 bits per heavy atom. The highest BCUT2D eigenvalue weighted by atomic mass is 32.2. The third-order valence-electron chi connectivity index (χ3n) is 5.82. The molecule has 1 amide bonds. The van der Waals surface area contributed by atoms with Gasteiger partial charge < -0.3 is 9.64 Å². The molecule has 1 atom stereocenters. The van der Waals surface area contributed by atoms with Crippen molar-refractivity contribution in [3.63, 3.8) is 0 Å². The van der Waals surface area contributed by atoms with Crippen LogP contribution in [0.1, 0.15) is 28.3 Å². The normalized spacial score (nSPS) is 19.9. The minimum absolute atomic E-state index is 0.114. The van der Waals surface area contributed by atoms with E-state index in [1.54, 1.807) is 12.1 Å². The van der Waals surface area contributed by atoms with E-state index in [4.69, 9.17) is 4.74 Å². The van der Waals surface area contributed by atoms with Crippen molar-refractivity contribution in [3.8, 4) is 5.75 Å². The lowest BCUT2D eigenvalue weighted by atomic mass is 9.91. The maximum atomic E-state index is 13.4. The number of fused-ring (bicyclic) bond motifs is 3. The number of methoxy groups -OCH3 is 1. The predicted octanol–water partition coefficient (Wildman–Crippen LogP) is 2.44. The fraction of sp³-hybridized carbons (Fsp3) is 0.381. The molecule has 2 aliphatic rings. The Bertz CT molecular complexity index is 1050. The maximum Gasteiger partial charge on any atom is 0.247 e. The van der Waals surface area contributed by atoms with E-state index >= 15 is 0 Å². The molecule has 0 spiro atoms. The summed E-state index contributed by atoms with van der Waals surface area (Å²) in [5, 5.41) is 0. The van der Waals surface area contributed by atoms with Gasteiger partial charge in [0.05, 0.1) is 19.7 Å². The summed E-state index contributed by atoms with van der Waals surface area (Å²) >= 11 is 0. The SMILES string of the molecule is COc1cc(C)c(C)cc1S(=O)(=O)N1CC(=O)N2CCc3ccccc3[C@@H]2C1. The third kappa shape index (κ3) is 2.99. The van der Waals surface area contributed by atoms with E-state index < -0.39 is 10.0 Å². The van der Waals surface area contributed by atoms with Crippen LogP contribution in [0.5, 0.6) is 5.75 Å². The summed E-state index contributed by atoms with van der Waals surface area (Å²) < 4.78 is 33.5. The minimum Gasteiger partial charge on any atom is -0.495 e. The van der Waals surface area contributed by atoms with Gasteiger partial charge in [0.2, 0.25) is 15.9 Å². The number of amides is 1. The van der Waals surface area contributed by atoms with Gasteiger partial charge >= 0.3 is 0 Å². The second-order valence-corrected chi connectivity index (χ2v) is 9.34. The first-order valence-corrected chi connectivity index (χ1v) is 10.8. The van der Waals surface area contributed by atoms with Crippen LogP contribution >= 0.6 is 0 Å². The lowest BCUT2D eigenvalue weighted by Crippen LogP contribution is -2.55. The van der Waals surface area contributed by atoms with Gasteiger partial charge in [0.25, 0.3) is 0 Å². The monoisotopic (exact) mass is 400 g/mol. The van der Waals surface area contributed by atoms with E-state index in [2.05, 4.69) is 6.07 Å². The molecule has 28 heavy (non-hydrogen) atoms. The zero-order valence-corrected chi connectivity index (χ0v) is 17.1. The Hall–Kier alpha value is -2.38. The summed E-state index contributed by atoms with van der Waals surface area (Å²) in [5.74, 6) is 0.152. The summed E-state index contributed by atoms with van der Waals surface area (Å²) in [7, 11) is -2.41. The van der Waals surface area contributed by atoms with Crippen molar-refractivity contribution in [1.29, 1.82) is 0 Å². The summed E-state index contributed by atoms with van der Waals surface area (Å²) in [6.45, 7) is 4.52. The molecule has 2 heterocycles. The Kier molecular flexibility index (Phi) is 4.67. The van der Waals surface area contributed by atoms with Gasteiger partial charge in [-0.1, -0.05) is 24.3 Å². The molecule has 0 unspecified atom stereocenters. The molecule has 0 saturated carbocycles. The zero-order valence-electron chi connectivity index (χ0n) is 16.3. The third-order valence-corrected chi connectivity index (χ3v) is 7.65. The van der Waals surface area contributed by atoms with E-state index in [1.807, 2.05) is 36.9 Å². The van der Waals surface area contributed by atoms with Crippen LogP contribution in [0.3, 0.4) is 0 Å². The second-order valence-electron chi connectivity index (χ2n) is 7.44. The highest BCUT2D eigenvalue weighted by Gasteiger charge is 2.42. The average molecular weight is 401 g/mol. The topological polar surface area (TPSA) is 66.9 Å². The molecule has 0 radical (unpaired) electrons. The van der Waals surface area contributed by atoms with Crippen molar-refractivity contribution in [2.24, 2.45) is 0 Å². The molecule has 2 aromatic carbocycles. The van der Waals surface area contributed by atoms with Gasteiger partial charge in [0.1, 0.15) is 10.6 Å². The van der Waals surface area contributed by atoms with E-state index in [1.165, 1.54) is 17.0 Å². The molecule has 1 saturated heterocycles. The number of carbonyl (C=O) groups is 1. The van der Waals surface area contributed by atoms with E-state index in [9.17, 15) is 13.2 Å². The average Bonchev–Trinajstić information content (AvgIpc) is 2.69. The minimum atomic E-state index is -3.87. The number of rotatable bonds is 3. The Labute approximate surface area is 165 Å². The number of hydrogen-bond donors (Lipinski definition) is 0. The molecule has 0 aromatic heterocycles. The van der Waals surface area contributed by atoms with Crippen molar-refractivity contribution < 1.29 is 17.9 Å². The molecule has 7 heteroatoms. The summed E-state index contributed by atoms with van der Waals surface area (Å²) in [4.78, 5) is 14.7. The zero-order chi connectivity index (χ0) is 20.1. The Balaban J connectivity index is 1.75. The van der Waals surface area contributed by atoms with E-state index in [0.717, 1.165) is 23.1 Å². The quantitative estimate of drug-likeness (QED) is 0.794. The Morgan fingerprint density at radius 2 is 1.82 bits per heavy atom. The molecule has 4 rings (SSSR count). The van der Waals surface area contributed by atoms with Gasteiger partial charge in [-0.3, -0.25) is 4.79 Å². The number of piperazine rings is 1. The largest absolute Gasteiger partial charge is 0.495 e. The van der Waals surface area contributed by atoms with Crippen LogP contribution in [0.25, 0.3) is 0 Å². The number of carbonyl (C=O) groups excluding carboxylic acids is 1. The van der Waals surface area contributed by atoms with Gasteiger partial charge in [-0.25, -0.2) is 8.42 Å². The molecule has 0 aliphatic carbocycles. The first-order valence-electron chi connectivity index (χ1n) is 9.35. The first-order chi connectivity index (χ1) is 13.3. The van der Waals surface area contributed by atoms with E-state index in [0.29, 0.717) is 12.3 Å². The van der Waals surface area contributed by atoms with Gasteiger partial charge in [0, 0.05) is 13.1 Å². The van der Waals surface area contributed by atoms with Crippen molar-refractivity contribution in [1.82, 2.24) is 9.21 Å². The molecule has 0 N–H and O–H groups in total. The predicted molar refractivity (Wildman–Crippen MR) is 106 cm³/mol. The lowest BCUT2D eigenvalue weighted by molar-refractivity contribution is -0.138. The van der Waals surface area contributed by atoms with Crippen LogP contribution in [0.4, 0.5) is 0 Å². The number of ether oxygens (including phenoxy) is 1. The first kappa shape index (κ1) is 19.0. The van der Waals surface area contributed by atoms with Crippen molar-refractivity contribution in [3.05, 3.63) is 58.7 Å². The van der Waals surface area contributed by atoms with Crippen molar-refractivity contribution in [2.75, 3.05) is 26.7 Å². The highest BCUT2D eigenvalue weighted by Crippen LogP contribution is 2.36. The fourth-order valence-corrected chi connectivity index (χ4v) is 5.71. The van der Waals surface area contributed by atoms with Crippen molar-refractivity contribution in [2.45, 2.75) is 31.2 Å². The number of sulfonamides is 1. The molecular formula is C21H24N2O4S. The van der Waals surface area contributed by atoms with Crippen LogP contribution in [-0.4, -0.2) is 50.3 Å². The smallest absolute Gasteiger partial charge is 0.247 e.